The lowest BCUT2D eigenvalue weighted by Gasteiger charge is -2.38. The van der Waals surface area contributed by atoms with Crippen molar-refractivity contribution in [1.82, 2.24) is 0 Å². The van der Waals surface area contributed by atoms with E-state index in [1.54, 1.807) is 7.11 Å². The molecule has 0 N–H and O–H groups in total. The van der Waals surface area contributed by atoms with Gasteiger partial charge in [-0.1, -0.05) is 23.7 Å². The Balaban J connectivity index is 1.64. The van der Waals surface area contributed by atoms with Crippen molar-refractivity contribution in [1.29, 1.82) is 0 Å². The monoisotopic (exact) mass is 476 g/mol. The SMILES string of the molecule is COc1cc2c(cc1OC1CCC1)[C@@H](c1ccc(Cl)cc1)N(c1ccc(N(C)C)cc1)C(=O)C2. The number of anilines is 2. The molecule has 1 heterocycles. The Morgan fingerprint density at radius 3 is 2.26 bits per heavy atom. The van der Waals surface area contributed by atoms with Gasteiger partial charge in [0.05, 0.1) is 25.7 Å². The van der Waals surface area contributed by atoms with Crippen LogP contribution in [0.3, 0.4) is 0 Å². The molecule has 5 nitrogen and oxygen atoms in total. The molecule has 0 spiro atoms. The minimum absolute atomic E-state index is 0.0415. The van der Waals surface area contributed by atoms with E-state index in [9.17, 15) is 4.79 Å². The number of fused-ring (bicyclic) bond motifs is 1. The Labute approximate surface area is 205 Å². The van der Waals surface area contributed by atoms with E-state index in [1.165, 1.54) is 6.42 Å². The molecule has 176 valence electrons. The average molecular weight is 477 g/mol. The molecule has 1 aliphatic heterocycles. The number of hydrogen-bond donors (Lipinski definition) is 0. The summed E-state index contributed by atoms with van der Waals surface area (Å²) in [5.41, 5.74) is 4.95. The third-order valence-electron chi connectivity index (χ3n) is 6.76. The lowest BCUT2D eigenvalue weighted by Crippen LogP contribution is -2.41. The summed E-state index contributed by atoms with van der Waals surface area (Å²) in [5, 5.41) is 0.664. The fourth-order valence-electron chi connectivity index (χ4n) is 4.65. The first-order valence-electron chi connectivity index (χ1n) is 11.7. The summed E-state index contributed by atoms with van der Waals surface area (Å²) in [5.74, 6) is 1.46. The van der Waals surface area contributed by atoms with Crippen molar-refractivity contribution in [3.63, 3.8) is 0 Å². The topological polar surface area (TPSA) is 42.0 Å². The van der Waals surface area contributed by atoms with E-state index in [-0.39, 0.29) is 18.1 Å². The van der Waals surface area contributed by atoms with Crippen LogP contribution in [0.4, 0.5) is 11.4 Å². The largest absolute Gasteiger partial charge is 0.493 e. The lowest BCUT2D eigenvalue weighted by molar-refractivity contribution is -0.118. The van der Waals surface area contributed by atoms with Gasteiger partial charge in [-0.15, -0.1) is 0 Å². The van der Waals surface area contributed by atoms with Gasteiger partial charge in [-0.05, 0) is 84.5 Å². The number of halogens is 1. The summed E-state index contributed by atoms with van der Waals surface area (Å²) in [7, 11) is 5.66. The summed E-state index contributed by atoms with van der Waals surface area (Å²) in [4.78, 5) is 17.5. The molecule has 1 saturated carbocycles. The second kappa shape index (κ2) is 9.22. The van der Waals surface area contributed by atoms with Crippen LogP contribution < -0.4 is 19.3 Å². The molecule has 5 rings (SSSR count). The molecule has 34 heavy (non-hydrogen) atoms. The van der Waals surface area contributed by atoms with Gasteiger partial charge in [-0.2, -0.15) is 0 Å². The number of methoxy groups -OCH3 is 1. The van der Waals surface area contributed by atoms with E-state index in [1.807, 2.05) is 78.5 Å². The van der Waals surface area contributed by atoms with Gasteiger partial charge in [0.15, 0.2) is 11.5 Å². The van der Waals surface area contributed by atoms with Crippen LogP contribution in [0, 0.1) is 0 Å². The van der Waals surface area contributed by atoms with Gasteiger partial charge in [0, 0.05) is 30.5 Å². The quantitative estimate of drug-likeness (QED) is 0.436. The Bertz CT molecular complexity index is 1190. The molecule has 6 heteroatoms. The molecule has 1 aliphatic carbocycles. The highest BCUT2D eigenvalue weighted by Crippen LogP contribution is 2.44. The maximum atomic E-state index is 13.6. The van der Waals surface area contributed by atoms with Crippen molar-refractivity contribution in [2.24, 2.45) is 0 Å². The first kappa shape index (κ1) is 22.6. The Morgan fingerprint density at radius 2 is 1.68 bits per heavy atom. The van der Waals surface area contributed by atoms with Gasteiger partial charge >= 0.3 is 0 Å². The second-order valence-electron chi connectivity index (χ2n) is 9.18. The number of nitrogens with zero attached hydrogens (tertiary/aromatic N) is 2. The number of benzene rings is 3. The molecule has 2 aliphatic rings. The standard InChI is InChI=1S/C28H29ClN2O3/c1-30(2)21-11-13-22(14-12-21)31-27(32)16-19-15-25(33-3)26(34-23-5-4-6-23)17-24(19)28(31)18-7-9-20(29)10-8-18/h7-15,17,23,28H,4-6,16H2,1-3H3/t28-/m1/s1. The van der Waals surface area contributed by atoms with Crippen LogP contribution in [0.15, 0.2) is 60.7 Å². The van der Waals surface area contributed by atoms with Crippen molar-refractivity contribution < 1.29 is 14.3 Å². The zero-order valence-corrected chi connectivity index (χ0v) is 20.5. The van der Waals surface area contributed by atoms with Crippen LogP contribution in [-0.2, 0) is 11.2 Å². The van der Waals surface area contributed by atoms with Crippen molar-refractivity contribution in [3.05, 3.63) is 82.4 Å². The number of rotatable bonds is 6. The fraction of sp³-hybridized carbons (Fsp3) is 0.321. The number of hydrogen-bond acceptors (Lipinski definition) is 4. The van der Waals surface area contributed by atoms with Crippen molar-refractivity contribution in [2.75, 3.05) is 31.0 Å². The van der Waals surface area contributed by atoms with E-state index in [2.05, 4.69) is 6.07 Å². The van der Waals surface area contributed by atoms with Crippen molar-refractivity contribution in [3.8, 4) is 11.5 Å². The van der Waals surface area contributed by atoms with E-state index in [4.69, 9.17) is 21.1 Å². The molecule has 1 fully saturated rings. The first-order chi connectivity index (χ1) is 16.4. The van der Waals surface area contributed by atoms with Crippen molar-refractivity contribution in [2.45, 2.75) is 37.8 Å². The van der Waals surface area contributed by atoms with E-state index >= 15 is 0 Å². The molecule has 0 aromatic heterocycles. The number of carbonyl (C=O) groups is 1. The highest BCUT2D eigenvalue weighted by atomic mass is 35.5. The summed E-state index contributed by atoms with van der Waals surface area (Å²) < 4.78 is 11.9. The zero-order chi connectivity index (χ0) is 23.8. The lowest BCUT2D eigenvalue weighted by atomic mass is 9.86. The minimum Gasteiger partial charge on any atom is -0.493 e. The van der Waals surface area contributed by atoms with Crippen LogP contribution in [0.1, 0.15) is 42.0 Å². The normalized spacial score (nSPS) is 17.7. The van der Waals surface area contributed by atoms with Gasteiger partial charge in [-0.25, -0.2) is 0 Å². The van der Waals surface area contributed by atoms with Crippen LogP contribution in [0.2, 0.25) is 5.02 Å². The summed E-state index contributed by atoms with van der Waals surface area (Å²) >= 11 is 6.20. The van der Waals surface area contributed by atoms with Gasteiger partial charge in [0.1, 0.15) is 0 Å². The highest BCUT2D eigenvalue weighted by molar-refractivity contribution is 6.30. The predicted octanol–water partition coefficient (Wildman–Crippen LogP) is 6.02. The summed E-state index contributed by atoms with van der Waals surface area (Å²) in [6.07, 6.45) is 3.83. The molecule has 3 aromatic carbocycles. The van der Waals surface area contributed by atoms with E-state index in [0.29, 0.717) is 17.2 Å². The Kier molecular flexibility index (Phi) is 6.13. The smallest absolute Gasteiger partial charge is 0.232 e. The van der Waals surface area contributed by atoms with Crippen LogP contribution in [-0.4, -0.2) is 33.2 Å². The molecular formula is C28H29ClN2O3. The molecule has 0 radical (unpaired) electrons. The third-order valence-corrected chi connectivity index (χ3v) is 7.02. The number of ether oxygens (including phenoxy) is 2. The van der Waals surface area contributed by atoms with Crippen LogP contribution >= 0.6 is 11.6 Å². The molecule has 1 amide bonds. The zero-order valence-electron chi connectivity index (χ0n) is 19.8. The second-order valence-corrected chi connectivity index (χ2v) is 9.61. The first-order valence-corrected chi connectivity index (χ1v) is 12.0. The number of amides is 1. The molecule has 3 aromatic rings. The summed E-state index contributed by atoms with van der Waals surface area (Å²) in [6.45, 7) is 0. The van der Waals surface area contributed by atoms with Crippen molar-refractivity contribution >= 4 is 28.9 Å². The molecule has 0 bridgehead atoms. The fourth-order valence-corrected chi connectivity index (χ4v) is 4.78. The van der Waals surface area contributed by atoms with Gasteiger partial charge < -0.3 is 19.3 Å². The molecule has 1 atom stereocenters. The third kappa shape index (κ3) is 4.21. The average Bonchev–Trinajstić information content (AvgIpc) is 2.81. The Hall–Kier alpha value is -3.18. The van der Waals surface area contributed by atoms with E-state index < -0.39 is 0 Å². The summed E-state index contributed by atoms with van der Waals surface area (Å²) in [6, 6.07) is 19.6. The predicted molar refractivity (Wildman–Crippen MR) is 137 cm³/mol. The minimum atomic E-state index is -0.298. The van der Waals surface area contributed by atoms with Crippen LogP contribution in [0.5, 0.6) is 11.5 Å². The van der Waals surface area contributed by atoms with Gasteiger partial charge in [0.25, 0.3) is 0 Å². The maximum absolute atomic E-state index is 13.6. The van der Waals surface area contributed by atoms with Crippen LogP contribution in [0.25, 0.3) is 0 Å². The van der Waals surface area contributed by atoms with Gasteiger partial charge in [-0.3, -0.25) is 4.79 Å². The van der Waals surface area contributed by atoms with E-state index in [0.717, 1.165) is 46.7 Å². The number of carbonyl (C=O) groups excluding carboxylic acids is 1. The molecular weight excluding hydrogens is 448 g/mol. The highest BCUT2D eigenvalue weighted by Gasteiger charge is 2.36. The molecule has 0 unspecified atom stereocenters. The van der Waals surface area contributed by atoms with Gasteiger partial charge in [0.2, 0.25) is 5.91 Å². The molecule has 0 saturated heterocycles. The Morgan fingerprint density at radius 1 is 0.971 bits per heavy atom. The maximum Gasteiger partial charge on any atom is 0.232 e.